The maximum atomic E-state index is 12.6. The van der Waals surface area contributed by atoms with Crippen LogP contribution in [0.25, 0.3) is 0 Å². The van der Waals surface area contributed by atoms with E-state index < -0.39 is 10.0 Å². The van der Waals surface area contributed by atoms with Crippen LogP contribution in [0.3, 0.4) is 0 Å². The lowest BCUT2D eigenvalue weighted by molar-refractivity contribution is 0.0939. The van der Waals surface area contributed by atoms with Gasteiger partial charge in [-0.15, -0.1) is 0 Å². The van der Waals surface area contributed by atoms with Crippen molar-refractivity contribution >= 4 is 21.6 Å². The molecule has 1 aliphatic rings. The Kier molecular flexibility index (Phi) is 5.18. The number of anilines is 1. The van der Waals surface area contributed by atoms with E-state index in [1.54, 1.807) is 31.4 Å². The third kappa shape index (κ3) is 3.67. The van der Waals surface area contributed by atoms with Crippen molar-refractivity contribution in [1.82, 2.24) is 5.32 Å². The molecule has 0 saturated carbocycles. The number of amides is 1. The number of methoxy groups -OCH3 is 1. The fourth-order valence-electron chi connectivity index (χ4n) is 3.11. The van der Waals surface area contributed by atoms with E-state index in [1.165, 1.54) is 4.31 Å². The van der Waals surface area contributed by atoms with Crippen LogP contribution in [0, 0.1) is 0 Å². The molecule has 26 heavy (non-hydrogen) atoms. The summed E-state index contributed by atoms with van der Waals surface area (Å²) in [5, 5.41) is 2.94. The van der Waals surface area contributed by atoms with E-state index in [1.807, 2.05) is 31.2 Å². The first-order valence-corrected chi connectivity index (χ1v) is 10.1. The number of ether oxygens (including phenoxy) is 1. The van der Waals surface area contributed by atoms with E-state index in [-0.39, 0.29) is 17.7 Å². The van der Waals surface area contributed by atoms with Gasteiger partial charge >= 0.3 is 0 Å². The molecule has 1 aliphatic heterocycles. The third-order valence-corrected chi connectivity index (χ3v) is 6.32. The number of hydrogen-bond acceptors (Lipinski definition) is 4. The highest BCUT2D eigenvalue weighted by Gasteiger charge is 2.28. The Morgan fingerprint density at radius 1 is 1.19 bits per heavy atom. The zero-order chi connectivity index (χ0) is 18.7. The van der Waals surface area contributed by atoms with E-state index in [9.17, 15) is 13.2 Å². The van der Waals surface area contributed by atoms with Crippen molar-refractivity contribution in [3.05, 3.63) is 59.7 Å². The summed E-state index contributed by atoms with van der Waals surface area (Å²) in [4.78, 5) is 12.6. The van der Waals surface area contributed by atoms with Crippen molar-refractivity contribution in [2.24, 2.45) is 0 Å². The minimum absolute atomic E-state index is 0.147. The van der Waals surface area contributed by atoms with Crippen LogP contribution in [0.5, 0.6) is 5.75 Å². The second-order valence-corrected chi connectivity index (χ2v) is 8.24. The first-order chi connectivity index (χ1) is 12.4. The molecule has 1 unspecified atom stereocenters. The number of rotatable bonds is 5. The average Bonchev–Trinajstić information content (AvgIpc) is 3.00. The van der Waals surface area contributed by atoms with Crippen molar-refractivity contribution in [3.8, 4) is 5.75 Å². The summed E-state index contributed by atoms with van der Waals surface area (Å²) in [6.45, 7) is 2.33. The molecule has 138 valence electrons. The molecule has 0 radical (unpaired) electrons. The summed E-state index contributed by atoms with van der Waals surface area (Å²) in [7, 11) is -1.68. The predicted molar refractivity (Wildman–Crippen MR) is 101 cm³/mol. The average molecular weight is 374 g/mol. The predicted octanol–water partition coefficient (Wildman–Crippen LogP) is 2.73. The summed E-state index contributed by atoms with van der Waals surface area (Å²) < 4.78 is 30.9. The lowest BCUT2D eigenvalue weighted by Gasteiger charge is -2.19. The molecule has 2 aromatic carbocycles. The van der Waals surface area contributed by atoms with Crippen LogP contribution in [0.4, 0.5) is 5.69 Å². The van der Waals surface area contributed by atoms with Gasteiger partial charge in [0.1, 0.15) is 5.75 Å². The number of nitrogens with zero attached hydrogens (tertiary/aromatic N) is 1. The minimum atomic E-state index is -3.27. The van der Waals surface area contributed by atoms with E-state index in [4.69, 9.17) is 4.74 Å². The summed E-state index contributed by atoms with van der Waals surface area (Å²) in [5.41, 5.74) is 1.83. The molecular weight excluding hydrogens is 352 g/mol. The van der Waals surface area contributed by atoms with Gasteiger partial charge in [-0.05, 0) is 37.6 Å². The summed E-state index contributed by atoms with van der Waals surface area (Å²) in [6, 6.07) is 14.0. The van der Waals surface area contributed by atoms with E-state index in [2.05, 4.69) is 5.32 Å². The smallest absolute Gasteiger partial charge is 0.251 e. The Labute approximate surface area is 153 Å². The van der Waals surface area contributed by atoms with Crippen LogP contribution < -0.4 is 14.4 Å². The van der Waals surface area contributed by atoms with Crippen LogP contribution >= 0.6 is 0 Å². The number of carbonyl (C=O) groups is 1. The number of sulfonamides is 1. The highest BCUT2D eigenvalue weighted by molar-refractivity contribution is 7.93. The Morgan fingerprint density at radius 2 is 1.96 bits per heavy atom. The molecule has 1 N–H and O–H groups in total. The van der Waals surface area contributed by atoms with Gasteiger partial charge in [0.15, 0.2) is 0 Å². The van der Waals surface area contributed by atoms with Crippen molar-refractivity contribution in [2.75, 3.05) is 23.7 Å². The van der Waals surface area contributed by atoms with Gasteiger partial charge in [-0.3, -0.25) is 9.10 Å². The van der Waals surface area contributed by atoms with Gasteiger partial charge in [-0.25, -0.2) is 8.42 Å². The summed E-state index contributed by atoms with van der Waals surface area (Å²) in [5.74, 6) is 0.591. The van der Waals surface area contributed by atoms with Crippen molar-refractivity contribution in [2.45, 2.75) is 19.4 Å². The molecule has 1 fully saturated rings. The van der Waals surface area contributed by atoms with Gasteiger partial charge < -0.3 is 10.1 Å². The normalized spacial score (nSPS) is 16.9. The highest BCUT2D eigenvalue weighted by atomic mass is 32.2. The number of benzene rings is 2. The molecule has 0 spiro atoms. The summed E-state index contributed by atoms with van der Waals surface area (Å²) >= 11 is 0. The highest BCUT2D eigenvalue weighted by Crippen LogP contribution is 2.26. The molecule has 6 nitrogen and oxygen atoms in total. The van der Waals surface area contributed by atoms with Gasteiger partial charge in [0.25, 0.3) is 5.91 Å². The molecule has 7 heteroatoms. The number of para-hydroxylation sites is 1. The van der Waals surface area contributed by atoms with E-state index >= 15 is 0 Å². The van der Waals surface area contributed by atoms with Crippen molar-refractivity contribution < 1.29 is 17.9 Å². The fraction of sp³-hybridized carbons (Fsp3) is 0.316. The van der Waals surface area contributed by atoms with Gasteiger partial charge in [-0.1, -0.05) is 24.3 Å². The molecule has 1 atom stereocenters. The van der Waals surface area contributed by atoms with Crippen LogP contribution in [0.2, 0.25) is 0 Å². The molecule has 0 bridgehead atoms. The van der Waals surface area contributed by atoms with Crippen LogP contribution in [0.15, 0.2) is 48.5 Å². The second-order valence-electron chi connectivity index (χ2n) is 6.23. The van der Waals surface area contributed by atoms with Gasteiger partial charge in [0, 0.05) is 17.7 Å². The molecule has 1 heterocycles. The molecule has 2 aromatic rings. The van der Waals surface area contributed by atoms with Gasteiger partial charge in [-0.2, -0.15) is 0 Å². The minimum Gasteiger partial charge on any atom is -0.496 e. The Balaban J connectivity index is 1.79. The first-order valence-electron chi connectivity index (χ1n) is 8.46. The first kappa shape index (κ1) is 18.3. The Hall–Kier alpha value is -2.54. The summed E-state index contributed by atoms with van der Waals surface area (Å²) in [6.07, 6.45) is 0.601. The van der Waals surface area contributed by atoms with Gasteiger partial charge in [0.05, 0.1) is 24.6 Å². The van der Waals surface area contributed by atoms with E-state index in [0.29, 0.717) is 30.0 Å². The quantitative estimate of drug-likeness (QED) is 0.873. The van der Waals surface area contributed by atoms with Gasteiger partial charge in [0.2, 0.25) is 10.0 Å². The largest absolute Gasteiger partial charge is 0.496 e. The maximum absolute atomic E-state index is 12.6. The zero-order valence-corrected chi connectivity index (χ0v) is 15.6. The molecular formula is C19H22N2O4S. The number of hydrogen-bond donors (Lipinski definition) is 1. The molecule has 3 rings (SSSR count). The second kappa shape index (κ2) is 7.37. The number of nitrogens with one attached hydrogen (secondary N) is 1. The monoisotopic (exact) mass is 374 g/mol. The third-order valence-electron chi connectivity index (χ3n) is 4.45. The van der Waals surface area contributed by atoms with Crippen LogP contribution in [-0.2, 0) is 10.0 Å². The Bertz CT molecular complexity index is 911. The van der Waals surface area contributed by atoms with E-state index in [0.717, 1.165) is 5.56 Å². The zero-order valence-electron chi connectivity index (χ0n) is 14.8. The van der Waals surface area contributed by atoms with Crippen LogP contribution in [0.1, 0.15) is 35.3 Å². The molecule has 1 amide bonds. The van der Waals surface area contributed by atoms with Crippen molar-refractivity contribution in [3.63, 3.8) is 0 Å². The fourth-order valence-corrected chi connectivity index (χ4v) is 4.67. The topological polar surface area (TPSA) is 75.7 Å². The lowest BCUT2D eigenvalue weighted by Crippen LogP contribution is -2.28. The standard InChI is InChI=1S/C19H22N2O4S/c1-14(17-9-3-4-10-18(17)25-2)20-19(22)15-7-5-8-16(13-15)21-11-6-12-26(21,23)24/h3-5,7-10,13-14H,6,11-12H2,1-2H3,(H,20,22). The molecule has 1 saturated heterocycles. The lowest BCUT2D eigenvalue weighted by atomic mass is 10.1. The van der Waals surface area contributed by atoms with Crippen LogP contribution in [-0.4, -0.2) is 33.7 Å². The van der Waals surface area contributed by atoms with Crippen molar-refractivity contribution in [1.29, 1.82) is 0 Å². The molecule has 0 aliphatic carbocycles. The Morgan fingerprint density at radius 3 is 2.65 bits per heavy atom. The molecule has 0 aromatic heterocycles. The number of carbonyl (C=O) groups excluding carboxylic acids is 1. The SMILES string of the molecule is COc1ccccc1C(C)NC(=O)c1cccc(N2CCCS2(=O)=O)c1. The maximum Gasteiger partial charge on any atom is 0.251 e.